The summed E-state index contributed by atoms with van der Waals surface area (Å²) in [6, 6.07) is 7.38. The second-order valence-electron chi connectivity index (χ2n) is 4.49. The summed E-state index contributed by atoms with van der Waals surface area (Å²) in [5.41, 5.74) is 0.104. The molecule has 1 aliphatic carbocycles. The molecule has 0 spiro atoms. The minimum Gasteiger partial charge on any atom is -0.490 e. The van der Waals surface area contributed by atoms with Gasteiger partial charge in [-0.05, 0) is 18.9 Å². The van der Waals surface area contributed by atoms with Crippen molar-refractivity contribution in [2.75, 3.05) is 6.61 Å². The van der Waals surface area contributed by atoms with Gasteiger partial charge in [0.2, 0.25) is 0 Å². The number of aliphatic hydroxyl groups is 2. The van der Waals surface area contributed by atoms with Crippen molar-refractivity contribution in [3.63, 3.8) is 0 Å². The molecular formula is C13H18O3. The van der Waals surface area contributed by atoms with Crippen LogP contribution >= 0.6 is 0 Å². The Balaban J connectivity index is 1.98. The van der Waals surface area contributed by atoms with Gasteiger partial charge < -0.3 is 14.9 Å². The molecule has 0 radical (unpaired) electrons. The van der Waals surface area contributed by atoms with Crippen molar-refractivity contribution in [2.45, 2.75) is 37.9 Å². The molecule has 0 aromatic heterocycles. The van der Waals surface area contributed by atoms with E-state index in [9.17, 15) is 5.11 Å². The Kier molecular flexibility index (Phi) is 3.46. The van der Waals surface area contributed by atoms with Crippen molar-refractivity contribution in [1.29, 1.82) is 0 Å². The fraction of sp³-hybridized carbons (Fsp3) is 0.538. The smallest absolute Gasteiger partial charge is 0.124 e. The zero-order valence-electron chi connectivity index (χ0n) is 9.35. The fourth-order valence-electron chi connectivity index (χ4n) is 2.16. The predicted molar refractivity (Wildman–Crippen MR) is 61.3 cm³/mol. The lowest BCUT2D eigenvalue weighted by molar-refractivity contribution is 0.000819. The summed E-state index contributed by atoms with van der Waals surface area (Å²) in [6.07, 6.45) is 3.77. The number of benzene rings is 1. The Labute approximate surface area is 95.7 Å². The molecule has 0 amide bonds. The molecule has 2 N–H and O–H groups in total. The zero-order valence-corrected chi connectivity index (χ0v) is 9.35. The van der Waals surface area contributed by atoms with E-state index in [-0.39, 0.29) is 6.61 Å². The van der Waals surface area contributed by atoms with Crippen LogP contribution in [-0.4, -0.2) is 22.4 Å². The van der Waals surface area contributed by atoms with Crippen molar-refractivity contribution < 1.29 is 14.9 Å². The second kappa shape index (κ2) is 4.85. The highest BCUT2D eigenvalue weighted by atomic mass is 16.5. The number of hydrogen-bond donors (Lipinski definition) is 2. The minimum absolute atomic E-state index is 0.0331. The molecule has 3 heteroatoms. The standard InChI is InChI=1S/C13H18O3/c14-9-11-5-1-2-6-12(11)16-10-13(15)7-3-4-8-13/h1-2,5-6,14-15H,3-4,7-10H2. The summed E-state index contributed by atoms with van der Waals surface area (Å²) in [5.74, 6) is 0.672. The molecule has 1 aromatic carbocycles. The monoisotopic (exact) mass is 222 g/mol. The van der Waals surface area contributed by atoms with Gasteiger partial charge in [0, 0.05) is 5.56 Å². The van der Waals surface area contributed by atoms with Crippen molar-refractivity contribution in [3.8, 4) is 5.75 Å². The van der Waals surface area contributed by atoms with E-state index >= 15 is 0 Å². The summed E-state index contributed by atoms with van der Waals surface area (Å²) >= 11 is 0. The Morgan fingerprint density at radius 3 is 2.56 bits per heavy atom. The van der Waals surface area contributed by atoms with Crippen LogP contribution in [0.3, 0.4) is 0 Å². The lowest BCUT2D eigenvalue weighted by Gasteiger charge is -2.22. The summed E-state index contributed by atoms with van der Waals surface area (Å²) in [6.45, 7) is 0.290. The highest BCUT2D eigenvalue weighted by Crippen LogP contribution is 2.30. The third-order valence-electron chi connectivity index (χ3n) is 3.17. The van der Waals surface area contributed by atoms with E-state index in [4.69, 9.17) is 9.84 Å². The third kappa shape index (κ3) is 2.54. The molecule has 0 aliphatic heterocycles. The first-order valence-electron chi connectivity index (χ1n) is 5.77. The van der Waals surface area contributed by atoms with Crippen LogP contribution in [0.4, 0.5) is 0 Å². The molecule has 0 heterocycles. The predicted octanol–water partition coefficient (Wildman–Crippen LogP) is 1.86. The molecular weight excluding hydrogens is 204 g/mol. The lowest BCUT2D eigenvalue weighted by Crippen LogP contribution is -2.32. The number of rotatable bonds is 4. The normalized spacial score (nSPS) is 18.6. The van der Waals surface area contributed by atoms with Gasteiger partial charge in [0.15, 0.2) is 0 Å². The third-order valence-corrected chi connectivity index (χ3v) is 3.17. The molecule has 0 bridgehead atoms. The first-order chi connectivity index (χ1) is 7.73. The molecule has 1 aliphatic rings. The van der Waals surface area contributed by atoms with Gasteiger partial charge in [0.05, 0.1) is 12.2 Å². The molecule has 0 unspecified atom stereocenters. The zero-order chi connectivity index (χ0) is 11.4. The quantitative estimate of drug-likeness (QED) is 0.817. The van der Waals surface area contributed by atoms with Gasteiger partial charge in [-0.25, -0.2) is 0 Å². The van der Waals surface area contributed by atoms with Gasteiger partial charge in [0.1, 0.15) is 12.4 Å². The van der Waals surface area contributed by atoms with Crippen LogP contribution in [0.2, 0.25) is 0 Å². The fourth-order valence-corrected chi connectivity index (χ4v) is 2.16. The van der Waals surface area contributed by atoms with Gasteiger partial charge in [-0.1, -0.05) is 31.0 Å². The van der Waals surface area contributed by atoms with Crippen LogP contribution in [-0.2, 0) is 6.61 Å². The van der Waals surface area contributed by atoms with E-state index in [0.29, 0.717) is 12.4 Å². The summed E-state index contributed by atoms with van der Waals surface area (Å²) < 4.78 is 5.60. The summed E-state index contributed by atoms with van der Waals surface area (Å²) in [5, 5.41) is 19.3. The van der Waals surface area contributed by atoms with Crippen LogP contribution in [0.25, 0.3) is 0 Å². The molecule has 1 aromatic rings. The molecule has 1 fully saturated rings. The van der Waals surface area contributed by atoms with Gasteiger partial charge in [0.25, 0.3) is 0 Å². The van der Waals surface area contributed by atoms with Gasteiger partial charge in [-0.2, -0.15) is 0 Å². The Morgan fingerprint density at radius 2 is 1.88 bits per heavy atom. The van der Waals surface area contributed by atoms with Crippen LogP contribution in [0, 0.1) is 0 Å². The largest absolute Gasteiger partial charge is 0.490 e. The SMILES string of the molecule is OCc1ccccc1OCC1(O)CCCC1. The first kappa shape index (κ1) is 11.4. The number of para-hydroxylation sites is 1. The lowest BCUT2D eigenvalue weighted by atomic mass is 10.0. The molecule has 16 heavy (non-hydrogen) atoms. The summed E-state index contributed by atoms with van der Waals surface area (Å²) in [7, 11) is 0. The van der Waals surface area contributed by atoms with E-state index in [0.717, 1.165) is 31.2 Å². The Morgan fingerprint density at radius 1 is 1.19 bits per heavy atom. The van der Waals surface area contributed by atoms with Crippen LogP contribution in [0.15, 0.2) is 24.3 Å². The maximum Gasteiger partial charge on any atom is 0.124 e. The van der Waals surface area contributed by atoms with Crippen LogP contribution in [0.5, 0.6) is 5.75 Å². The van der Waals surface area contributed by atoms with E-state index < -0.39 is 5.60 Å². The highest BCUT2D eigenvalue weighted by molar-refractivity contribution is 5.32. The Bertz CT molecular complexity index is 343. The highest BCUT2D eigenvalue weighted by Gasteiger charge is 2.32. The number of hydrogen-bond acceptors (Lipinski definition) is 3. The van der Waals surface area contributed by atoms with E-state index in [1.807, 2.05) is 24.3 Å². The molecule has 0 atom stereocenters. The van der Waals surface area contributed by atoms with E-state index in [1.54, 1.807) is 0 Å². The molecule has 2 rings (SSSR count). The van der Waals surface area contributed by atoms with Gasteiger partial charge >= 0.3 is 0 Å². The summed E-state index contributed by atoms with van der Waals surface area (Å²) in [4.78, 5) is 0. The van der Waals surface area contributed by atoms with Crippen molar-refractivity contribution in [1.82, 2.24) is 0 Å². The second-order valence-corrected chi connectivity index (χ2v) is 4.49. The van der Waals surface area contributed by atoms with Crippen molar-refractivity contribution >= 4 is 0 Å². The van der Waals surface area contributed by atoms with Gasteiger partial charge in [-0.3, -0.25) is 0 Å². The van der Waals surface area contributed by atoms with E-state index in [2.05, 4.69) is 0 Å². The Hall–Kier alpha value is -1.06. The van der Waals surface area contributed by atoms with E-state index in [1.165, 1.54) is 0 Å². The van der Waals surface area contributed by atoms with Gasteiger partial charge in [-0.15, -0.1) is 0 Å². The first-order valence-corrected chi connectivity index (χ1v) is 5.77. The molecule has 1 saturated carbocycles. The minimum atomic E-state index is -0.664. The number of aliphatic hydroxyl groups excluding tert-OH is 1. The van der Waals surface area contributed by atoms with Crippen LogP contribution in [0.1, 0.15) is 31.2 Å². The average molecular weight is 222 g/mol. The maximum atomic E-state index is 10.1. The maximum absolute atomic E-state index is 10.1. The number of ether oxygens (including phenoxy) is 1. The molecule has 88 valence electrons. The van der Waals surface area contributed by atoms with Crippen molar-refractivity contribution in [3.05, 3.63) is 29.8 Å². The topological polar surface area (TPSA) is 49.7 Å². The van der Waals surface area contributed by atoms with Crippen molar-refractivity contribution in [2.24, 2.45) is 0 Å². The molecule has 0 saturated heterocycles. The van der Waals surface area contributed by atoms with Crippen LogP contribution < -0.4 is 4.74 Å². The average Bonchev–Trinajstić information content (AvgIpc) is 2.74. The molecule has 3 nitrogen and oxygen atoms in total.